The van der Waals surface area contributed by atoms with Gasteiger partial charge >= 0.3 is 0 Å². The van der Waals surface area contributed by atoms with E-state index in [0.717, 1.165) is 19.6 Å². The molecule has 2 nitrogen and oxygen atoms in total. The quantitative estimate of drug-likeness (QED) is 0.874. The van der Waals surface area contributed by atoms with Crippen LogP contribution in [-0.4, -0.2) is 19.6 Å². The van der Waals surface area contributed by atoms with Gasteiger partial charge in [0, 0.05) is 24.2 Å². The van der Waals surface area contributed by atoms with Crippen LogP contribution < -0.4 is 10.6 Å². The van der Waals surface area contributed by atoms with Gasteiger partial charge in [0.25, 0.3) is 0 Å². The Hall–Kier alpha value is -1.02. The van der Waals surface area contributed by atoms with Crippen molar-refractivity contribution in [3.8, 4) is 0 Å². The second-order valence-corrected chi connectivity index (χ2v) is 6.11. The zero-order chi connectivity index (χ0) is 13.7. The minimum absolute atomic E-state index is 0.346. The first-order valence-corrected chi connectivity index (χ1v) is 7.71. The van der Waals surface area contributed by atoms with E-state index in [1.807, 2.05) is 0 Å². The lowest BCUT2D eigenvalue weighted by Gasteiger charge is -2.41. The number of benzene rings is 1. The van der Waals surface area contributed by atoms with Crippen molar-refractivity contribution < 1.29 is 0 Å². The minimum atomic E-state index is 0.346. The zero-order valence-corrected chi connectivity index (χ0v) is 12.5. The molecule has 0 bridgehead atoms. The fourth-order valence-corrected chi connectivity index (χ4v) is 3.27. The van der Waals surface area contributed by atoms with Gasteiger partial charge < -0.3 is 10.6 Å². The molecule has 1 aliphatic carbocycles. The third-order valence-electron chi connectivity index (χ3n) is 4.65. The second kappa shape index (κ2) is 6.42. The van der Waals surface area contributed by atoms with Gasteiger partial charge in [0.2, 0.25) is 0 Å². The molecule has 1 saturated carbocycles. The maximum Gasteiger partial charge on any atom is 0.0366 e. The minimum Gasteiger partial charge on any atom is -0.371 e. The highest BCUT2D eigenvalue weighted by atomic mass is 15.1. The predicted molar refractivity (Wildman–Crippen MR) is 83.6 cm³/mol. The van der Waals surface area contributed by atoms with Crippen LogP contribution in [0.1, 0.15) is 44.6 Å². The molecular formula is C17H28N2. The van der Waals surface area contributed by atoms with E-state index in [1.54, 1.807) is 0 Å². The Morgan fingerprint density at radius 2 is 1.74 bits per heavy atom. The van der Waals surface area contributed by atoms with Gasteiger partial charge in [0.15, 0.2) is 0 Å². The summed E-state index contributed by atoms with van der Waals surface area (Å²) in [5.74, 6) is 0. The summed E-state index contributed by atoms with van der Waals surface area (Å²) in [6, 6.07) is 8.89. The fourth-order valence-electron chi connectivity index (χ4n) is 3.27. The van der Waals surface area contributed by atoms with Crippen molar-refractivity contribution in [3.63, 3.8) is 0 Å². The Kier molecular flexibility index (Phi) is 4.87. The van der Waals surface area contributed by atoms with Crippen molar-refractivity contribution in [2.45, 2.75) is 46.0 Å². The molecule has 1 aromatic carbocycles. The number of hydrogen-bond donors (Lipinski definition) is 1. The lowest BCUT2D eigenvalue weighted by Crippen LogP contribution is -2.44. The van der Waals surface area contributed by atoms with E-state index in [-0.39, 0.29) is 0 Å². The summed E-state index contributed by atoms with van der Waals surface area (Å²) >= 11 is 0. The van der Waals surface area contributed by atoms with Gasteiger partial charge in [-0.25, -0.2) is 0 Å². The molecule has 0 aliphatic heterocycles. The zero-order valence-electron chi connectivity index (χ0n) is 12.5. The molecule has 2 heteroatoms. The van der Waals surface area contributed by atoms with E-state index in [9.17, 15) is 0 Å². The highest BCUT2D eigenvalue weighted by Crippen LogP contribution is 2.37. The molecule has 0 unspecified atom stereocenters. The topological polar surface area (TPSA) is 29.3 Å². The second-order valence-electron chi connectivity index (χ2n) is 6.11. The Bertz CT molecular complexity index is 377. The van der Waals surface area contributed by atoms with Crippen molar-refractivity contribution in [2.75, 3.05) is 24.5 Å². The third-order valence-corrected chi connectivity index (χ3v) is 4.65. The smallest absolute Gasteiger partial charge is 0.0366 e. The average Bonchev–Trinajstić information content (AvgIpc) is 2.47. The number of hydrogen-bond acceptors (Lipinski definition) is 2. The molecule has 2 N–H and O–H groups in total. The molecule has 0 aromatic heterocycles. The van der Waals surface area contributed by atoms with Crippen molar-refractivity contribution >= 4 is 5.69 Å². The molecule has 19 heavy (non-hydrogen) atoms. The van der Waals surface area contributed by atoms with E-state index < -0.39 is 0 Å². The summed E-state index contributed by atoms with van der Waals surface area (Å²) in [6.07, 6.45) is 6.68. The van der Waals surface area contributed by atoms with E-state index >= 15 is 0 Å². The van der Waals surface area contributed by atoms with Crippen LogP contribution >= 0.6 is 0 Å². The summed E-state index contributed by atoms with van der Waals surface area (Å²) in [5, 5.41) is 0. The SMILES string of the molecule is CCN(CC1(CN)CCCCC1)c1ccc(C)cc1. The van der Waals surface area contributed by atoms with E-state index in [1.165, 1.54) is 43.4 Å². The first kappa shape index (κ1) is 14.4. The highest BCUT2D eigenvalue weighted by molar-refractivity contribution is 5.47. The molecule has 106 valence electrons. The molecule has 0 heterocycles. The van der Waals surface area contributed by atoms with Crippen molar-refractivity contribution in [3.05, 3.63) is 29.8 Å². The normalized spacial score (nSPS) is 18.3. The molecule has 0 saturated heterocycles. The number of anilines is 1. The molecule has 2 rings (SSSR count). The summed E-state index contributed by atoms with van der Waals surface area (Å²) in [6.45, 7) is 7.39. The van der Waals surface area contributed by atoms with E-state index in [2.05, 4.69) is 43.0 Å². The van der Waals surface area contributed by atoms with Gasteiger partial charge in [-0.15, -0.1) is 0 Å². The Morgan fingerprint density at radius 1 is 1.11 bits per heavy atom. The average molecular weight is 260 g/mol. The molecule has 0 amide bonds. The number of rotatable bonds is 5. The summed E-state index contributed by atoms with van der Waals surface area (Å²) in [7, 11) is 0. The van der Waals surface area contributed by atoms with E-state index in [0.29, 0.717) is 5.41 Å². The van der Waals surface area contributed by atoms with Crippen LogP contribution in [0, 0.1) is 12.3 Å². The lowest BCUT2D eigenvalue weighted by atomic mass is 9.73. The van der Waals surface area contributed by atoms with Gasteiger partial charge in [0.05, 0.1) is 0 Å². The van der Waals surface area contributed by atoms with Crippen LogP contribution in [-0.2, 0) is 0 Å². The number of nitrogens with zero attached hydrogens (tertiary/aromatic N) is 1. The molecule has 0 spiro atoms. The van der Waals surface area contributed by atoms with E-state index in [4.69, 9.17) is 5.73 Å². The molecular weight excluding hydrogens is 232 g/mol. The molecule has 1 aliphatic rings. The van der Waals surface area contributed by atoms with Crippen LogP contribution in [0.2, 0.25) is 0 Å². The first-order chi connectivity index (χ1) is 9.19. The van der Waals surface area contributed by atoms with Crippen molar-refractivity contribution in [2.24, 2.45) is 11.1 Å². The standard InChI is InChI=1S/C17H28N2/c1-3-19(16-9-7-15(2)8-10-16)14-17(13-18)11-5-4-6-12-17/h7-10H,3-6,11-14,18H2,1-2H3. The van der Waals surface area contributed by atoms with Gasteiger partial charge in [-0.3, -0.25) is 0 Å². The van der Waals surface area contributed by atoms with Crippen LogP contribution in [0.4, 0.5) is 5.69 Å². The summed E-state index contributed by atoms with van der Waals surface area (Å²) < 4.78 is 0. The van der Waals surface area contributed by atoms with Gasteiger partial charge in [-0.2, -0.15) is 0 Å². The largest absolute Gasteiger partial charge is 0.371 e. The third kappa shape index (κ3) is 3.50. The molecule has 0 atom stereocenters. The fraction of sp³-hybridized carbons (Fsp3) is 0.647. The van der Waals surface area contributed by atoms with Crippen molar-refractivity contribution in [1.82, 2.24) is 0 Å². The van der Waals surface area contributed by atoms with Crippen LogP contribution in [0.5, 0.6) is 0 Å². The lowest BCUT2D eigenvalue weighted by molar-refractivity contribution is 0.204. The van der Waals surface area contributed by atoms with Crippen LogP contribution in [0.25, 0.3) is 0 Å². The number of aryl methyl sites for hydroxylation is 1. The van der Waals surface area contributed by atoms with Crippen LogP contribution in [0.15, 0.2) is 24.3 Å². The maximum absolute atomic E-state index is 6.12. The first-order valence-electron chi connectivity index (χ1n) is 7.71. The van der Waals surface area contributed by atoms with Gasteiger partial charge in [0.1, 0.15) is 0 Å². The number of nitrogens with two attached hydrogens (primary N) is 1. The molecule has 0 radical (unpaired) electrons. The Labute approximate surface area is 118 Å². The highest BCUT2D eigenvalue weighted by Gasteiger charge is 2.32. The Morgan fingerprint density at radius 3 is 2.26 bits per heavy atom. The summed E-state index contributed by atoms with van der Waals surface area (Å²) in [5.41, 5.74) is 9.13. The van der Waals surface area contributed by atoms with Crippen molar-refractivity contribution in [1.29, 1.82) is 0 Å². The predicted octanol–water partition coefficient (Wildman–Crippen LogP) is 3.73. The molecule has 1 aromatic rings. The van der Waals surface area contributed by atoms with Gasteiger partial charge in [-0.05, 0) is 45.4 Å². The molecule has 1 fully saturated rings. The van der Waals surface area contributed by atoms with Gasteiger partial charge in [-0.1, -0.05) is 37.0 Å². The summed E-state index contributed by atoms with van der Waals surface area (Å²) in [4.78, 5) is 2.50. The monoisotopic (exact) mass is 260 g/mol. The van der Waals surface area contributed by atoms with Crippen LogP contribution in [0.3, 0.4) is 0 Å². The Balaban J connectivity index is 2.11. The maximum atomic E-state index is 6.12.